The average molecular weight is 294 g/mol. The molecular weight excluding hydrogens is 280 g/mol. The summed E-state index contributed by atoms with van der Waals surface area (Å²) in [6.07, 6.45) is 1.69. The lowest BCUT2D eigenvalue weighted by Gasteiger charge is -2.01. The van der Waals surface area contributed by atoms with Crippen LogP contribution in [0, 0.1) is 20.2 Å². The predicted molar refractivity (Wildman–Crippen MR) is 73.9 cm³/mol. The highest BCUT2D eigenvalue weighted by Gasteiger charge is 2.12. The first kappa shape index (κ1) is 16.3. The number of hydrogen-bond donors (Lipinski definition) is 0. The zero-order valence-corrected chi connectivity index (χ0v) is 11.4. The molecule has 1 rings (SSSR count). The summed E-state index contributed by atoms with van der Waals surface area (Å²) in [6.45, 7) is 1.35. The Hall–Kier alpha value is -2.77. The number of allylic oxidation sites excluding steroid dienone is 1. The molecule has 0 aliphatic carbocycles. The Morgan fingerprint density at radius 2 is 2.05 bits per heavy atom. The maximum atomic E-state index is 10.9. The van der Waals surface area contributed by atoms with Crippen molar-refractivity contribution in [2.75, 3.05) is 6.61 Å². The lowest BCUT2D eigenvalue weighted by Crippen LogP contribution is -2.04. The minimum Gasteiger partial charge on any atom is -0.466 e. The molecule has 0 saturated carbocycles. The molecule has 0 unspecified atom stereocenters. The van der Waals surface area contributed by atoms with Gasteiger partial charge in [-0.2, -0.15) is 0 Å². The summed E-state index contributed by atoms with van der Waals surface area (Å²) >= 11 is 0. The Kier molecular flexibility index (Phi) is 5.99. The zero-order valence-electron chi connectivity index (χ0n) is 11.4. The van der Waals surface area contributed by atoms with E-state index in [9.17, 15) is 25.0 Å². The van der Waals surface area contributed by atoms with Crippen LogP contribution in [0.4, 0.5) is 5.69 Å². The van der Waals surface area contributed by atoms with Crippen LogP contribution in [0.5, 0.6) is 0 Å². The van der Waals surface area contributed by atoms with Crippen LogP contribution in [0.25, 0.3) is 6.08 Å². The number of hydrogen-bond acceptors (Lipinski definition) is 6. The maximum Gasteiger partial charge on any atom is 0.302 e. The third kappa shape index (κ3) is 5.81. The smallest absolute Gasteiger partial charge is 0.302 e. The summed E-state index contributed by atoms with van der Waals surface area (Å²) in [5, 5.41) is 21.6. The molecule has 0 amide bonds. The number of nitro benzene ring substituents is 1. The summed E-state index contributed by atoms with van der Waals surface area (Å²) in [5.41, 5.74) is 0.150. The van der Waals surface area contributed by atoms with E-state index in [0.29, 0.717) is 12.0 Å². The number of benzene rings is 1. The number of carbonyl (C=O) groups excluding carboxylic acids is 1. The van der Waals surface area contributed by atoms with Crippen LogP contribution in [0.2, 0.25) is 0 Å². The van der Waals surface area contributed by atoms with Gasteiger partial charge in [0, 0.05) is 31.6 Å². The minimum absolute atomic E-state index is 0.0927. The van der Waals surface area contributed by atoms with Crippen LogP contribution < -0.4 is 0 Å². The first-order valence-electron chi connectivity index (χ1n) is 6.13. The molecule has 0 bridgehead atoms. The Morgan fingerprint density at radius 1 is 1.33 bits per heavy atom. The van der Waals surface area contributed by atoms with Gasteiger partial charge in [-0.1, -0.05) is 12.1 Å². The molecule has 1 aromatic rings. The van der Waals surface area contributed by atoms with Gasteiger partial charge in [-0.25, -0.2) is 0 Å². The van der Waals surface area contributed by atoms with Crippen molar-refractivity contribution in [2.45, 2.75) is 19.8 Å². The highest BCUT2D eigenvalue weighted by Crippen LogP contribution is 2.17. The van der Waals surface area contributed by atoms with Crippen LogP contribution in [0.3, 0.4) is 0 Å². The molecule has 112 valence electrons. The van der Waals surface area contributed by atoms with E-state index in [0.717, 1.165) is 0 Å². The lowest BCUT2D eigenvalue weighted by atomic mass is 10.1. The van der Waals surface area contributed by atoms with Gasteiger partial charge in [-0.05, 0) is 12.0 Å². The first-order chi connectivity index (χ1) is 9.90. The molecule has 0 heterocycles. The van der Waals surface area contributed by atoms with Gasteiger partial charge in [-0.3, -0.25) is 25.0 Å². The van der Waals surface area contributed by atoms with Crippen molar-refractivity contribution in [3.05, 3.63) is 55.8 Å². The Bertz CT molecular complexity index is 582. The highest BCUT2D eigenvalue weighted by molar-refractivity contribution is 5.65. The second kappa shape index (κ2) is 7.73. The average Bonchev–Trinajstić information content (AvgIpc) is 2.42. The first-order valence-corrected chi connectivity index (χ1v) is 6.13. The highest BCUT2D eigenvalue weighted by atomic mass is 16.6. The van der Waals surface area contributed by atoms with E-state index in [1.54, 1.807) is 6.07 Å². The number of nitrogens with zero attached hydrogens (tertiary/aromatic N) is 2. The summed E-state index contributed by atoms with van der Waals surface area (Å²) < 4.78 is 4.69. The molecule has 21 heavy (non-hydrogen) atoms. The van der Waals surface area contributed by atoms with Gasteiger partial charge < -0.3 is 4.74 Å². The van der Waals surface area contributed by atoms with Crippen LogP contribution in [0.15, 0.2) is 30.0 Å². The summed E-state index contributed by atoms with van der Waals surface area (Å²) in [4.78, 5) is 31.1. The van der Waals surface area contributed by atoms with Gasteiger partial charge in [0.15, 0.2) is 0 Å². The lowest BCUT2D eigenvalue weighted by molar-refractivity contribution is -0.426. The fraction of sp³-hybridized carbons (Fsp3) is 0.308. The second-order valence-corrected chi connectivity index (χ2v) is 4.19. The van der Waals surface area contributed by atoms with Gasteiger partial charge in [0.05, 0.1) is 16.5 Å². The van der Waals surface area contributed by atoms with Gasteiger partial charge in [-0.15, -0.1) is 0 Å². The van der Waals surface area contributed by atoms with E-state index in [-0.39, 0.29) is 24.4 Å². The molecule has 0 fully saturated rings. The molecule has 0 aromatic heterocycles. The molecule has 0 spiro atoms. The van der Waals surface area contributed by atoms with E-state index < -0.39 is 15.8 Å². The quantitative estimate of drug-likeness (QED) is 0.330. The molecule has 1 aromatic carbocycles. The van der Waals surface area contributed by atoms with Gasteiger partial charge >= 0.3 is 5.97 Å². The molecule has 0 aliphatic heterocycles. The topological polar surface area (TPSA) is 113 Å². The van der Waals surface area contributed by atoms with E-state index in [4.69, 9.17) is 4.74 Å². The fourth-order valence-corrected chi connectivity index (χ4v) is 1.61. The number of non-ortho nitro benzene ring substituents is 1. The summed E-state index contributed by atoms with van der Waals surface area (Å²) in [5.74, 6) is -0.444. The molecule has 0 aliphatic rings. The summed E-state index contributed by atoms with van der Waals surface area (Å²) in [6, 6.07) is 5.57. The normalized spacial score (nSPS) is 11.0. The van der Waals surface area contributed by atoms with Crippen molar-refractivity contribution in [1.82, 2.24) is 0 Å². The molecule has 0 atom stereocenters. The molecule has 0 saturated heterocycles. The number of esters is 1. The number of rotatable bonds is 7. The second-order valence-electron chi connectivity index (χ2n) is 4.19. The third-order valence-corrected chi connectivity index (χ3v) is 2.53. The van der Waals surface area contributed by atoms with Crippen molar-refractivity contribution >= 4 is 17.7 Å². The minimum atomic E-state index is -0.566. The molecule has 0 radical (unpaired) electrons. The number of nitro groups is 2. The SMILES string of the molecule is CC(=O)OCCC/C(=C\c1cccc([N+](=O)[O-])c1)[N+](=O)[O-]. The van der Waals surface area contributed by atoms with E-state index >= 15 is 0 Å². The standard InChI is InChI=1S/C13H14N2O6/c1-10(16)21-7-3-6-13(15(19)20)9-11-4-2-5-12(8-11)14(17)18/h2,4-5,8-9H,3,6-7H2,1H3/b13-9+. The van der Waals surface area contributed by atoms with Gasteiger partial charge in [0.25, 0.3) is 5.69 Å². The van der Waals surface area contributed by atoms with Crippen LogP contribution in [-0.2, 0) is 9.53 Å². The van der Waals surface area contributed by atoms with E-state index in [1.807, 2.05) is 0 Å². The van der Waals surface area contributed by atoms with Crippen molar-refractivity contribution in [3.8, 4) is 0 Å². The number of carbonyl (C=O) groups is 1. The van der Waals surface area contributed by atoms with Crippen molar-refractivity contribution in [1.29, 1.82) is 0 Å². The van der Waals surface area contributed by atoms with Crippen LogP contribution >= 0.6 is 0 Å². The zero-order chi connectivity index (χ0) is 15.8. The number of ether oxygens (including phenoxy) is 1. The van der Waals surface area contributed by atoms with E-state index in [1.165, 1.54) is 31.2 Å². The summed E-state index contributed by atoms with van der Waals surface area (Å²) in [7, 11) is 0. The molecular formula is C13H14N2O6. The Morgan fingerprint density at radius 3 is 2.62 bits per heavy atom. The molecule has 8 heteroatoms. The van der Waals surface area contributed by atoms with Gasteiger partial charge in [0.1, 0.15) is 0 Å². The van der Waals surface area contributed by atoms with Crippen LogP contribution in [0.1, 0.15) is 25.3 Å². The molecule has 8 nitrogen and oxygen atoms in total. The van der Waals surface area contributed by atoms with Crippen LogP contribution in [-0.4, -0.2) is 22.4 Å². The van der Waals surface area contributed by atoms with Gasteiger partial charge in [0.2, 0.25) is 5.70 Å². The van der Waals surface area contributed by atoms with Crippen molar-refractivity contribution in [3.63, 3.8) is 0 Å². The predicted octanol–water partition coefficient (Wildman–Crippen LogP) is 2.56. The Balaban J connectivity index is 2.80. The van der Waals surface area contributed by atoms with Crippen molar-refractivity contribution in [2.24, 2.45) is 0 Å². The third-order valence-electron chi connectivity index (χ3n) is 2.53. The monoisotopic (exact) mass is 294 g/mol. The Labute approximate surface area is 120 Å². The van der Waals surface area contributed by atoms with E-state index in [2.05, 4.69) is 0 Å². The molecule has 0 N–H and O–H groups in total. The largest absolute Gasteiger partial charge is 0.466 e. The fourth-order valence-electron chi connectivity index (χ4n) is 1.61. The van der Waals surface area contributed by atoms with Crippen molar-refractivity contribution < 1.29 is 19.4 Å². The maximum absolute atomic E-state index is 10.9.